The van der Waals surface area contributed by atoms with Gasteiger partial charge in [0.1, 0.15) is 37.1 Å². The molecule has 0 fully saturated rings. The maximum atomic E-state index is 15.1. The number of rotatable bonds is 14. The van der Waals surface area contributed by atoms with Crippen LogP contribution in [0.25, 0.3) is 23.1 Å². The van der Waals surface area contributed by atoms with Crippen LogP contribution in [0.5, 0.6) is 11.5 Å². The number of hydrogen-bond acceptors (Lipinski definition) is 4. The zero-order chi connectivity index (χ0) is 30.1. The molecule has 218 valence electrons. The van der Waals surface area contributed by atoms with Gasteiger partial charge in [-0.15, -0.1) is 0 Å². The fraction of sp³-hybridized carbons (Fsp3) is 0.235. The van der Waals surface area contributed by atoms with Crippen molar-refractivity contribution in [1.82, 2.24) is 4.57 Å². The summed E-state index contributed by atoms with van der Waals surface area (Å²) in [6.07, 6.45) is 8.12. The zero-order valence-corrected chi connectivity index (χ0v) is 23.7. The molecule has 1 aromatic heterocycles. The molecule has 7 nitrogen and oxygen atoms in total. The van der Waals surface area contributed by atoms with Crippen LogP contribution in [0.4, 0.5) is 4.39 Å². The summed E-state index contributed by atoms with van der Waals surface area (Å²) in [5.41, 5.74) is 4.37. The summed E-state index contributed by atoms with van der Waals surface area (Å²) >= 11 is 0. The molecule has 0 aliphatic heterocycles. The number of para-hydroxylation sites is 1. The summed E-state index contributed by atoms with van der Waals surface area (Å²) in [7, 11) is 0. The molecule has 0 aliphatic rings. The van der Waals surface area contributed by atoms with Crippen molar-refractivity contribution in [2.75, 3.05) is 13.2 Å². The zero-order valence-electron chi connectivity index (χ0n) is 23.7. The van der Waals surface area contributed by atoms with Gasteiger partial charge >= 0.3 is 11.9 Å². The lowest BCUT2D eigenvalue weighted by atomic mass is 10.0. The molecule has 0 aliphatic carbocycles. The van der Waals surface area contributed by atoms with Gasteiger partial charge in [0, 0.05) is 17.5 Å². The minimum Gasteiger partial charge on any atom is -0.490 e. The first kappa shape index (κ1) is 30.1. The minimum atomic E-state index is -1.05. The van der Waals surface area contributed by atoms with Crippen molar-refractivity contribution >= 4 is 35.0 Å². The third-order valence-electron chi connectivity index (χ3n) is 6.96. The first-order valence-corrected chi connectivity index (χ1v) is 13.7. The molecule has 4 rings (SSSR count). The Hall–Kier alpha value is -4.85. The Morgan fingerprint density at radius 2 is 1.60 bits per heavy atom. The molecule has 3 aromatic carbocycles. The smallest absolute Gasteiger partial charge is 0.323 e. The number of benzene rings is 3. The number of aryl methyl sites for hydroxylation is 2. The molecule has 8 heteroatoms. The molecule has 0 saturated heterocycles. The SMILES string of the molecule is Cc1ccccc1OC/C=C/COc1ccc(/C=C/c2ccc(F)c3c(CCCC(=O)O)c(C)n(CC(=O)O)c23)cc1. The largest absolute Gasteiger partial charge is 0.490 e. The van der Waals surface area contributed by atoms with E-state index in [0.717, 1.165) is 16.9 Å². The number of carboxylic acids is 2. The van der Waals surface area contributed by atoms with E-state index in [-0.39, 0.29) is 13.0 Å². The second-order valence-electron chi connectivity index (χ2n) is 9.91. The van der Waals surface area contributed by atoms with E-state index in [1.807, 2.05) is 79.8 Å². The van der Waals surface area contributed by atoms with Crippen LogP contribution in [0.2, 0.25) is 0 Å². The van der Waals surface area contributed by atoms with E-state index in [1.54, 1.807) is 17.6 Å². The van der Waals surface area contributed by atoms with Gasteiger partial charge < -0.3 is 24.3 Å². The Bertz CT molecular complexity index is 1620. The second kappa shape index (κ2) is 14.2. The van der Waals surface area contributed by atoms with E-state index in [2.05, 4.69) is 0 Å². The summed E-state index contributed by atoms with van der Waals surface area (Å²) in [5.74, 6) is -0.873. The van der Waals surface area contributed by atoms with E-state index in [9.17, 15) is 14.7 Å². The van der Waals surface area contributed by atoms with E-state index < -0.39 is 17.8 Å². The number of ether oxygens (including phenoxy) is 2. The van der Waals surface area contributed by atoms with Gasteiger partial charge in [0.2, 0.25) is 0 Å². The highest BCUT2D eigenvalue weighted by molar-refractivity contribution is 5.95. The first-order chi connectivity index (χ1) is 20.2. The van der Waals surface area contributed by atoms with Crippen molar-refractivity contribution in [2.24, 2.45) is 0 Å². The van der Waals surface area contributed by atoms with Gasteiger partial charge in [0.05, 0.1) is 5.52 Å². The Morgan fingerprint density at radius 3 is 2.29 bits per heavy atom. The number of aromatic nitrogens is 1. The number of nitrogens with zero attached hydrogens (tertiary/aromatic N) is 1. The Kier molecular flexibility index (Phi) is 10.2. The van der Waals surface area contributed by atoms with Crippen LogP contribution >= 0.6 is 0 Å². The number of aliphatic carboxylic acids is 2. The molecule has 0 saturated carbocycles. The van der Waals surface area contributed by atoms with Gasteiger partial charge in [-0.3, -0.25) is 9.59 Å². The van der Waals surface area contributed by atoms with Crippen molar-refractivity contribution in [2.45, 2.75) is 39.7 Å². The lowest BCUT2D eigenvalue weighted by Crippen LogP contribution is -2.10. The normalized spacial score (nSPS) is 11.5. The van der Waals surface area contributed by atoms with Crippen molar-refractivity contribution in [1.29, 1.82) is 0 Å². The molecule has 0 radical (unpaired) electrons. The molecule has 0 atom stereocenters. The molecule has 0 amide bonds. The van der Waals surface area contributed by atoms with Crippen LogP contribution < -0.4 is 9.47 Å². The van der Waals surface area contributed by atoms with Crippen LogP contribution in [0, 0.1) is 19.7 Å². The minimum absolute atomic E-state index is 0.0509. The van der Waals surface area contributed by atoms with E-state index >= 15 is 4.39 Å². The highest BCUT2D eigenvalue weighted by Gasteiger charge is 2.21. The Balaban J connectivity index is 1.45. The summed E-state index contributed by atoms with van der Waals surface area (Å²) in [5, 5.41) is 18.9. The molecular weight excluding hydrogens is 537 g/mol. The molecular formula is C34H34FNO6. The van der Waals surface area contributed by atoms with Crippen molar-refractivity contribution in [3.8, 4) is 11.5 Å². The predicted octanol–water partition coefficient (Wildman–Crippen LogP) is 7.07. The lowest BCUT2D eigenvalue weighted by molar-refractivity contribution is -0.138. The number of carboxylic acid groups (broad SMARTS) is 2. The average Bonchev–Trinajstić information content (AvgIpc) is 3.23. The molecule has 42 heavy (non-hydrogen) atoms. The number of carbonyl (C=O) groups is 2. The van der Waals surface area contributed by atoms with Crippen LogP contribution in [-0.2, 0) is 22.6 Å². The molecule has 1 heterocycles. The van der Waals surface area contributed by atoms with Gasteiger partial charge in [-0.25, -0.2) is 4.39 Å². The van der Waals surface area contributed by atoms with Crippen LogP contribution in [0.1, 0.15) is 40.8 Å². The van der Waals surface area contributed by atoms with Gasteiger partial charge in [-0.05, 0) is 91.4 Å². The highest BCUT2D eigenvalue weighted by Crippen LogP contribution is 2.33. The highest BCUT2D eigenvalue weighted by atomic mass is 19.1. The fourth-order valence-electron chi connectivity index (χ4n) is 4.86. The van der Waals surface area contributed by atoms with Crippen molar-refractivity contribution in [3.05, 3.63) is 107 Å². The molecule has 2 N–H and O–H groups in total. The predicted molar refractivity (Wildman–Crippen MR) is 162 cm³/mol. The summed E-state index contributed by atoms with van der Waals surface area (Å²) in [6, 6.07) is 18.4. The van der Waals surface area contributed by atoms with Crippen LogP contribution in [0.3, 0.4) is 0 Å². The third kappa shape index (κ3) is 7.66. The van der Waals surface area contributed by atoms with E-state index in [4.69, 9.17) is 14.6 Å². The van der Waals surface area contributed by atoms with Crippen LogP contribution in [0.15, 0.2) is 72.8 Å². The molecule has 0 spiro atoms. The van der Waals surface area contributed by atoms with Crippen molar-refractivity contribution in [3.63, 3.8) is 0 Å². The molecule has 0 bridgehead atoms. The molecule has 4 aromatic rings. The lowest BCUT2D eigenvalue weighted by Gasteiger charge is -2.08. The van der Waals surface area contributed by atoms with Gasteiger partial charge in [0.15, 0.2) is 0 Å². The van der Waals surface area contributed by atoms with Crippen LogP contribution in [-0.4, -0.2) is 39.9 Å². The van der Waals surface area contributed by atoms with E-state index in [0.29, 0.717) is 59.5 Å². The number of hydrogen-bond donors (Lipinski definition) is 2. The number of halogens is 1. The average molecular weight is 572 g/mol. The summed E-state index contributed by atoms with van der Waals surface area (Å²) in [6.45, 7) is 4.27. The first-order valence-electron chi connectivity index (χ1n) is 13.7. The maximum Gasteiger partial charge on any atom is 0.323 e. The molecule has 0 unspecified atom stereocenters. The Labute approximate surface area is 244 Å². The second-order valence-corrected chi connectivity index (χ2v) is 9.91. The fourth-order valence-corrected chi connectivity index (χ4v) is 4.86. The van der Waals surface area contributed by atoms with Gasteiger partial charge in [-0.1, -0.05) is 42.5 Å². The Morgan fingerprint density at radius 1 is 0.881 bits per heavy atom. The topological polar surface area (TPSA) is 98.0 Å². The standard InChI is InChI=1S/C34H34FNO6/c1-23-8-3-4-10-30(23)42-21-6-5-20-41-27-17-13-25(14-18-27)12-15-26-16-19-29(35)33-28(9-7-11-31(37)38)24(2)36(34(26)33)22-32(39)40/h3-6,8,10,12-19H,7,9,11,20-22H2,1-2H3,(H,37,38)(H,39,40)/b6-5+,15-12+. The number of fused-ring (bicyclic) bond motifs is 1. The van der Waals surface area contributed by atoms with Gasteiger partial charge in [-0.2, -0.15) is 0 Å². The van der Waals surface area contributed by atoms with Crippen molar-refractivity contribution < 1.29 is 33.7 Å². The summed E-state index contributed by atoms with van der Waals surface area (Å²) < 4.78 is 28.2. The quantitative estimate of drug-likeness (QED) is 0.124. The summed E-state index contributed by atoms with van der Waals surface area (Å²) in [4.78, 5) is 22.7. The monoisotopic (exact) mass is 571 g/mol. The maximum absolute atomic E-state index is 15.1. The van der Waals surface area contributed by atoms with Gasteiger partial charge in [0.25, 0.3) is 0 Å². The third-order valence-corrected chi connectivity index (χ3v) is 6.96. The van der Waals surface area contributed by atoms with E-state index in [1.165, 1.54) is 6.07 Å².